The molecule has 0 aliphatic heterocycles. The fourth-order valence-electron chi connectivity index (χ4n) is 4.05. The molecule has 0 radical (unpaired) electrons. The van der Waals surface area contributed by atoms with Gasteiger partial charge in [-0.15, -0.1) is 0 Å². The average Bonchev–Trinajstić information content (AvgIpc) is 2.78. The first kappa shape index (κ1) is 22.6. The largest absolute Gasteiger partial charge is 0.417 e. The van der Waals surface area contributed by atoms with Crippen molar-refractivity contribution in [3.8, 4) is 0 Å². The minimum atomic E-state index is -4.57. The van der Waals surface area contributed by atoms with Gasteiger partial charge in [0.1, 0.15) is 0 Å². The summed E-state index contributed by atoms with van der Waals surface area (Å²) in [5, 5.41) is 2.68. The summed E-state index contributed by atoms with van der Waals surface area (Å²) in [5.41, 5.74) is 4.42. The fraction of sp³-hybridized carbons (Fsp3) is 0.375. The number of allylic oxidation sites excluding steroid dienone is 3. The summed E-state index contributed by atoms with van der Waals surface area (Å²) < 4.78 is 41.8. The van der Waals surface area contributed by atoms with Gasteiger partial charge in [0.25, 0.3) is 0 Å². The van der Waals surface area contributed by atoms with Gasteiger partial charge < -0.3 is 5.32 Å². The molecule has 0 spiro atoms. The molecule has 33 heavy (non-hydrogen) atoms. The lowest BCUT2D eigenvalue weighted by Gasteiger charge is -2.24. The molecule has 1 fully saturated rings. The molecule has 0 saturated heterocycles. The summed E-state index contributed by atoms with van der Waals surface area (Å²) in [5.74, 6) is -0.137. The smallest absolute Gasteiger partial charge is 0.318 e. The summed E-state index contributed by atoms with van der Waals surface area (Å²) in [6.45, 7) is 2.04. The second kappa shape index (κ2) is 9.14. The Kier molecular flexibility index (Phi) is 6.27. The van der Waals surface area contributed by atoms with E-state index in [1.165, 1.54) is 9.13 Å². The number of nitrogens with one attached hydrogen (secondary N) is 1. The van der Waals surface area contributed by atoms with Gasteiger partial charge in [-0.05, 0) is 37.1 Å². The topological polar surface area (TPSA) is 68.9 Å². The molecule has 1 aromatic heterocycles. The van der Waals surface area contributed by atoms with Crippen LogP contribution in [0.15, 0.2) is 68.7 Å². The van der Waals surface area contributed by atoms with Gasteiger partial charge in [0.15, 0.2) is 0 Å². The van der Waals surface area contributed by atoms with Crippen molar-refractivity contribution in [3.63, 3.8) is 0 Å². The third kappa shape index (κ3) is 5.11. The zero-order valence-corrected chi connectivity index (χ0v) is 18.1. The number of rotatable bonds is 5. The van der Waals surface area contributed by atoms with Gasteiger partial charge in [0, 0.05) is 12.1 Å². The first-order valence-electron chi connectivity index (χ1n) is 10.8. The van der Waals surface area contributed by atoms with Crippen LogP contribution in [0.4, 0.5) is 19.1 Å². The predicted octanol–water partition coefficient (Wildman–Crippen LogP) is 4.38. The average molecular weight is 456 g/mol. The first-order valence-corrected chi connectivity index (χ1v) is 10.8. The third-order valence-corrected chi connectivity index (χ3v) is 5.81. The van der Waals surface area contributed by atoms with Gasteiger partial charge in [-0.25, -0.2) is 14.2 Å². The maximum atomic E-state index is 13.4. The molecule has 0 amide bonds. The van der Waals surface area contributed by atoms with Crippen LogP contribution in [0.2, 0.25) is 0 Å². The van der Waals surface area contributed by atoms with Crippen LogP contribution in [-0.2, 0) is 6.54 Å². The number of hydrogen-bond acceptors (Lipinski definition) is 4. The van der Waals surface area contributed by atoms with Crippen LogP contribution in [0.5, 0.6) is 0 Å². The van der Waals surface area contributed by atoms with Gasteiger partial charge in [0.05, 0.1) is 17.8 Å². The van der Waals surface area contributed by atoms with Crippen LogP contribution in [0.3, 0.4) is 0 Å². The Morgan fingerprint density at radius 1 is 1.12 bits per heavy atom. The Balaban J connectivity index is 1.79. The van der Waals surface area contributed by atoms with Crippen molar-refractivity contribution >= 4 is 5.95 Å². The molecule has 1 aromatic carbocycles. The number of halogens is 3. The molecule has 2 aromatic rings. The minimum absolute atomic E-state index is 0.0933. The number of aromatic nitrogens is 3. The summed E-state index contributed by atoms with van der Waals surface area (Å²) in [7, 11) is 0. The lowest BCUT2D eigenvalue weighted by Crippen LogP contribution is -2.45. The Hall–Kier alpha value is -3.54. The van der Waals surface area contributed by atoms with E-state index in [9.17, 15) is 22.8 Å². The standard InChI is InChI=1S/C24H23F3N4O2/c1-16-10-12-17(13-11-16)15-30-21(28-19-7-5-6-18(14-19)24(25,26)27)29-22(32)31(23(30)33)20-8-3-2-4-9-20/h6,10-14,20H,2-4,8-9,15H2,1H3,(H,28,29,32). The van der Waals surface area contributed by atoms with Crippen molar-refractivity contribution in [1.82, 2.24) is 14.1 Å². The van der Waals surface area contributed by atoms with Crippen molar-refractivity contribution < 1.29 is 13.2 Å². The zero-order valence-electron chi connectivity index (χ0n) is 18.1. The van der Waals surface area contributed by atoms with E-state index in [0.29, 0.717) is 12.8 Å². The second-order valence-electron chi connectivity index (χ2n) is 8.28. The monoisotopic (exact) mass is 456 g/mol. The zero-order chi connectivity index (χ0) is 23.6. The highest BCUT2D eigenvalue weighted by Gasteiger charge is 2.33. The number of alkyl halides is 3. The molecule has 2 aliphatic rings. The van der Waals surface area contributed by atoms with Crippen LogP contribution in [0, 0.1) is 6.92 Å². The molecule has 4 rings (SSSR count). The van der Waals surface area contributed by atoms with E-state index in [1.807, 2.05) is 31.2 Å². The number of aryl methyl sites for hydroxylation is 1. The molecule has 6 nitrogen and oxygen atoms in total. The highest BCUT2D eigenvalue weighted by molar-refractivity contribution is 5.46. The normalized spacial score (nSPS) is 16.5. The van der Waals surface area contributed by atoms with Gasteiger partial charge in [-0.1, -0.05) is 54.8 Å². The van der Waals surface area contributed by atoms with E-state index < -0.39 is 23.1 Å². The lowest BCUT2D eigenvalue weighted by atomic mass is 9.95. The molecular weight excluding hydrogens is 433 g/mol. The summed E-state index contributed by atoms with van der Waals surface area (Å²) in [4.78, 5) is 30.3. The van der Waals surface area contributed by atoms with E-state index in [4.69, 9.17) is 0 Å². The quantitative estimate of drug-likeness (QED) is 0.679. The van der Waals surface area contributed by atoms with Gasteiger partial charge in [0.2, 0.25) is 5.95 Å². The maximum Gasteiger partial charge on any atom is 0.417 e. The molecule has 172 valence electrons. The molecule has 1 N–H and O–H groups in total. The van der Waals surface area contributed by atoms with E-state index in [-0.39, 0.29) is 24.2 Å². The van der Waals surface area contributed by atoms with Crippen LogP contribution < -0.4 is 16.7 Å². The summed E-state index contributed by atoms with van der Waals surface area (Å²) in [6.07, 6.45) is 1.37. The van der Waals surface area contributed by atoms with Gasteiger partial charge in [-0.3, -0.25) is 4.57 Å². The molecular formula is C24H23F3N4O2. The van der Waals surface area contributed by atoms with E-state index >= 15 is 0 Å². The molecule has 0 bridgehead atoms. The van der Waals surface area contributed by atoms with E-state index in [1.54, 1.807) is 0 Å². The third-order valence-electron chi connectivity index (χ3n) is 5.81. The van der Waals surface area contributed by atoms with Crippen molar-refractivity contribution in [1.29, 1.82) is 0 Å². The Bertz CT molecular complexity index is 1300. The predicted molar refractivity (Wildman–Crippen MR) is 118 cm³/mol. The van der Waals surface area contributed by atoms with Crippen molar-refractivity contribution in [2.75, 3.05) is 5.32 Å². The van der Waals surface area contributed by atoms with Gasteiger partial charge in [-0.2, -0.15) is 18.2 Å². The van der Waals surface area contributed by atoms with Crippen molar-refractivity contribution in [2.45, 2.75) is 57.8 Å². The first-order chi connectivity index (χ1) is 15.7. The molecule has 0 atom stereocenters. The van der Waals surface area contributed by atoms with Crippen LogP contribution in [0.25, 0.3) is 0 Å². The second-order valence-corrected chi connectivity index (χ2v) is 8.28. The molecule has 1 saturated carbocycles. The lowest BCUT2D eigenvalue weighted by molar-refractivity contribution is -0.0882. The number of anilines is 1. The minimum Gasteiger partial charge on any atom is -0.318 e. The molecule has 0 unspecified atom stereocenters. The van der Waals surface area contributed by atoms with Crippen LogP contribution in [0.1, 0.15) is 49.3 Å². The van der Waals surface area contributed by atoms with E-state index in [2.05, 4.69) is 21.8 Å². The SMILES string of the molecule is Cc1ccc(Cn2c(NC3=C=C=CC(C(F)(F)F)=C3)nc(=O)n(C3CCCCC3)c2=O)cc1. The Morgan fingerprint density at radius 3 is 2.48 bits per heavy atom. The fourth-order valence-corrected chi connectivity index (χ4v) is 4.05. The summed E-state index contributed by atoms with van der Waals surface area (Å²) >= 11 is 0. The molecule has 9 heteroatoms. The Morgan fingerprint density at radius 2 is 1.82 bits per heavy atom. The molecule has 2 aliphatic carbocycles. The Labute approximate surface area is 188 Å². The van der Waals surface area contributed by atoms with Crippen molar-refractivity contribution in [3.05, 3.63) is 91.2 Å². The van der Waals surface area contributed by atoms with E-state index in [0.717, 1.165) is 42.5 Å². The van der Waals surface area contributed by atoms with Gasteiger partial charge >= 0.3 is 17.6 Å². The maximum absolute atomic E-state index is 13.4. The highest BCUT2D eigenvalue weighted by Crippen LogP contribution is 2.29. The molecule has 1 heterocycles. The number of benzene rings is 1. The van der Waals surface area contributed by atoms with Crippen LogP contribution in [-0.4, -0.2) is 20.3 Å². The summed E-state index contributed by atoms with van der Waals surface area (Å²) in [6, 6.07) is 7.26. The number of hydrogen-bond donors (Lipinski definition) is 1. The number of nitrogens with zero attached hydrogens (tertiary/aromatic N) is 3. The van der Waals surface area contributed by atoms with Crippen molar-refractivity contribution in [2.24, 2.45) is 0 Å². The highest BCUT2D eigenvalue weighted by atomic mass is 19.4. The van der Waals surface area contributed by atoms with Crippen LogP contribution >= 0.6 is 0 Å².